The second-order valence-corrected chi connectivity index (χ2v) is 3.59. The van der Waals surface area contributed by atoms with Gasteiger partial charge in [0.2, 0.25) is 0 Å². The molecule has 0 fully saturated rings. The van der Waals surface area contributed by atoms with Gasteiger partial charge in [-0.15, -0.1) is 0 Å². The summed E-state index contributed by atoms with van der Waals surface area (Å²) in [7, 11) is 0. The highest BCUT2D eigenvalue weighted by atomic mass is 19.4. The summed E-state index contributed by atoms with van der Waals surface area (Å²) in [4.78, 5) is 15.4. The number of hydrogen-bond donors (Lipinski definition) is 0. The first-order valence-corrected chi connectivity index (χ1v) is 4.98. The molecule has 0 unspecified atom stereocenters. The summed E-state index contributed by atoms with van der Waals surface area (Å²) in [6, 6.07) is 1.64. The quantitative estimate of drug-likeness (QED) is 0.593. The van der Waals surface area contributed by atoms with Crippen LogP contribution in [0, 0.1) is 6.92 Å². The summed E-state index contributed by atoms with van der Waals surface area (Å²) < 4.78 is 39.6. The molecule has 6 heteroatoms. The minimum absolute atomic E-state index is 0.0821. The number of alkyl halides is 3. The van der Waals surface area contributed by atoms with Gasteiger partial charge in [0.25, 0.3) is 0 Å². The lowest BCUT2D eigenvalue weighted by molar-refractivity contribution is -0.173. The van der Waals surface area contributed by atoms with Crippen LogP contribution in [0.25, 0.3) is 0 Å². The molecule has 0 saturated heterocycles. The first-order valence-electron chi connectivity index (χ1n) is 4.98. The first-order chi connectivity index (χ1) is 7.88. The smallest absolute Gasteiger partial charge is 0.372 e. The van der Waals surface area contributed by atoms with Crippen LogP contribution < -0.4 is 0 Å². The Balaban J connectivity index is 2.36. The van der Waals surface area contributed by atoms with E-state index >= 15 is 0 Å². The standard InChI is InChI=1S/C11H12F3NO2/c1-8-4-9(6-15-5-8)10(16)2-3-17-7-11(12,13)14/h4-6H,2-3,7H2,1H3. The number of Topliss-reactive ketones (excluding diaryl/α,β-unsaturated/α-hetero) is 1. The lowest BCUT2D eigenvalue weighted by Crippen LogP contribution is -2.18. The molecule has 94 valence electrons. The summed E-state index contributed by atoms with van der Waals surface area (Å²) in [5, 5.41) is 0. The fourth-order valence-corrected chi connectivity index (χ4v) is 1.20. The van der Waals surface area contributed by atoms with Gasteiger partial charge >= 0.3 is 6.18 Å². The molecular weight excluding hydrogens is 235 g/mol. The van der Waals surface area contributed by atoms with Crippen molar-refractivity contribution < 1.29 is 22.7 Å². The molecule has 0 bridgehead atoms. The second kappa shape index (κ2) is 5.77. The SMILES string of the molecule is Cc1cncc(C(=O)CCOCC(F)(F)F)c1. The Morgan fingerprint density at radius 2 is 2.12 bits per heavy atom. The van der Waals surface area contributed by atoms with E-state index in [0.29, 0.717) is 5.56 Å². The molecule has 0 atom stereocenters. The third-order valence-electron chi connectivity index (χ3n) is 1.94. The zero-order valence-corrected chi connectivity index (χ0v) is 9.25. The molecule has 3 nitrogen and oxygen atoms in total. The van der Waals surface area contributed by atoms with Crippen LogP contribution in [0.5, 0.6) is 0 Å². The van der Waals surface area contributed by atoms with Crippen LogP contribution in [0.4, 0.5) is 13.2 Å². The Labute approximate surface area is 96.6 Å². The van der Waals surface area contributed by atoms with E-state index in [1.54, 1.807) is 19.2 Å². The topological polar surface area (TPSA) is 39.2 Å². The van der Waals surface area contributed by atoms with Crippen molar-refractivity contribution in [1.29, 1.82) is 0 Å². The van der Waals surface area contributed by atoms with E-state index in [-0.39, 0.29) is 18.8 Å². The number of nitrogens with zero attached hydrogens (tertiary/aromatic N) is 1. The van der Waals surface area contributed by atoms with E-state index in [0.717, 1.165) is 5.56 Å². The summed E-state index contributed by atoms with van der Waals surface area (Å²) in [5.41, 5.74) is 1.22. The number of carbonyl (C=O) groups is 1. The minimum atomic E-state index is -4.35. The Hall–Kier alpha value is -1.43. The molecule has 0 N–H and O–H groups in total. The number of carbonyl (C=O) groups excluding carboxylic acids is 1. The molecular formula is C11H12F3NO2. The Morgan fingerprint density at radius 3 is 2.71 bits per heavy atom. The maximum absolute atomic E-state index is 11.7. The highest BCUT2D eigenvalue weighted by Gasteiger charge is 2.27. The predicted octanol–water partition coefficient (Wildman–Crippen LogP) is 2.54. The van der Waals surface area contributed by atoms with Crippen molar-refractivity contribution in [3.05, 3.63) is 29.6 Å². The Morgan fingerprint density at radius 1 is 1.41 bits per heavy atom. The summed E-state index contributed by atoms with van der Waals surface area (Å²) in [6.45, 7) is 0.211. The molecule has 0 aromatic carbocycles. The molecule has 0 aliphatic carbocycles. The van der Waals surface area contributed by atoms with Crippen molar-refractivity contribution in [2.75, 3.05) is 13.2 Å². The Bertz CT molecular complexity index is 391. The predicted molar refractivity (Wildman–Crippen MR) is 54.8 cm³/mol. The molecule has 1 aromatic rings. The van der Waals surface area contributed by atoms with Crippen LogP contribution >= 0.6 is 0 Å². The van der Waals surface area contributed by atoms with Crippen molar-refractivity contribution in [1.82, 2.24) is 4.98 Å². The molecule has 0 aliphatic rings. The highest BCUT2D eigenvalue weighted by molar-refractivity contribution is 5.95. The van der Waals surface area contributed by atoms with Gasteiger partial charge in [-0.05, 0) is 18.6 Å². The molecule has 0 spiro atoms. The molecule has 0 aliphatic heterocycles. The number of rotatable bonds is 5. The minimum Gasteiger partial charge on any atom is -0.372 e. The number of ketones is 1. The van der Waals surface area contributed by atoms with Gasteiger partial charge in [0.1, 0.15) is 6.61 Å². The summed E-state index contributed by atoms with van der Waals surface area (Å²) >= 11 is 0. The fourth-order valence-electron chi connectivity index (χ4n) is 1.20. The van der Waals surface area contributed by atoms with Crippen LogP contribution in [0.2, 0.25) is 0 Å². The second-order valence-electron chi connectivity index (χ2n) is 3.59. The van der Waals surface area contributed by atoms with Crippen molar-refractivity contribution in [3.63, 3.8) is 0 Å². The Kier molecular flexibility index (Phi) is 4.62. The third-order valence-corrected chi connectivity index (χ3v) is 1.94. The van der Waals surface area contributed by atoms with Crippen molar-refractivity contribution in [2.24, 2.45) is 0 Å². The van der Waals surface area contributed by atoms with Gasteiger partial charge in [-0.1, -0.05) is 0 Å². The van der Waals surface area contributed by atoms with E-state index in [1.807, 2.05) is 0 Å². The molecule has 0 amide bonds. The summed E-state index contributed by atoms with van der Waals surface area (Å²) in [6.07, 6.45) is -1.45. The number of hydrogen-bond acceptors (Lipinski definition) is 3. The first kappa shape index (κ1) is 13.6. The van der Waals surface area contributed by atoms with Crippen LogP contribution in [0.3, 0.4) is 0 Å². The van der Waals surface area contributed by atoms with E-state index < -0.39 is 12.8 Å². The zero-order valence-electron chi connectivity index (χ0n) is 9.25. The number of pyridine rings is 1. The number of aryl methyl sites for hydroxylation is 1. The van der Waals surface area contributed by atoms with Gasteiger partial charge in [-0.25, -0.2) is 0 Å². The maximum atomic E-state index is 11.7. The molecule has 0 radical (unpaired) electrons. The lowest BCUT2D eigenvalue weighted by Gasteiger charge is -2.07. The largest absolute Gasteiger partial charge is 0.411 e. The zero-order chi connectivity index (χ0) is 12.9. The third kappa shape index (κ3) is 5.44. The molecule has 1 heterocycles. The van der Waals surface area contributed by atoms with Crippen LogP contribution in [0.15, 0.2) is 18.5 Å². The molecule has 1 aromatic heterocycles. The normalized spacial score (nSPS) is 11.5. The van der Waals surface area contributed by atoms with Gasteiger partial charge < -0.3 is 4.74 Å². The highest BCUT2D eigenvalue weighted by Crippen LogP contribution is 2.14. The van der Waals surface area contributed by atoms with Crippen LogP contribution in [-0.4, -0.2) is 30.2 Å². The lowest BCUT2D eigenvalue weighted by atomic mass is 10.1. The number of aromatic nitrogens is 1. The van der Waals surface area contributed by atoms with Crippen molar-refractivity contribution in [3.8, 4) is 0 Å². The monoisotopic (exact) mass is 247 g/mol. The van der Waals surface area contributed by atoms with E-state index in [9.17, 15) is 18.0 Å². The average Bonchev–Trinajstić information content (AvgIpc) is 2.23. The molecule has 1 rings (SSSR count). The molecule has 17 heavy (non-hydrogen) atoms. The van der Waals surface area contributed by atoms with Crippen molar-refractivity contribution in [2.45, 2.75) is 19.5 Å². The van der Waals surface area contributed by atoms with Gasteiger partial charge in [0.05, 0.1) is 6.61 Å². The van der Waals surface area contributed by atoms with Gasteiger partial charge in [0, 0.05) is 24.4 Å². The number of ether oxygens (including phenoxy) is 1. The summed E-state index contributed by atoms with van der Waals surface area (Å²) in [5.74, 6) is -0.275. The number of halogens is 3. The van der Waals surface area contributed by atoms with Crippen LogP contribution in [0.1, 0.15) is 22.3 Å². The van der Waals surface area contributed by atoms with E-state index in [1.165, 1.54) is 6.20 Å². The van der Waals surface area contributed by atoms with Gasteiger partial charge in [0.15, 0.2) is 5.78 Å². The maximum Gasteiger partial charge on any atom is 0.411 e. The van der Waals surface area contributed by atoms with Crippen LogP contribution in [-0.2, 0) is 4.74 Å². The van der Waals surface area contributed by atoms with E-state index in [4.69, 9.17) is 0 Å². The van der Waals surface area contributed by atoms with Crippen molar-refractivity contribution >= 4 is 5.78 Å². The average molecular weight is 247 g/mol. The van der Waals surface area contributed by atoms with Gasteiger partial charge in [-0.2, -0.15) is 13.2 Å². The molecule has 0 saturated carbocycles. The van der Waals surface area contributed by atoms with Gasteiger partial charge in [-0.3, -0.25) is 9.78 Å². The van der Waals surface area contributed by atoms with E-state index in [2.05, 4.69) is 9.72 Å². The fraction of sp³-hybridized carbons (Fsp3) is 0.455.